The number of likely N-dealkylation sites (tertiary alicyclic amines) is 1. The SMILES string of the molecule is C[C@H]1[C@H]([Si](C)(C)O)[C@@H](CC(=O)N2CCC[C@H]2CO)O[C@]12C(=O)N(c1ccccc1)c1ccc(NC(=O)c3ccccc3)cc12. The zero-order valence-electron chi connectivity index (χ0n) is 25.3. The molecule has 44 heavy (non-hydrogen) atoms. The minimum atomic E-state index is -3.00. The number of aliphatic hydroxyl groups excluding tert-OH is 1. The fourth-order valence-corrected chi connectivity index (χ4v) is 10.1. The largest absolute Gasteiger partial charge is 0.432 e. The molecule has 2 saturated heterocycles. The van der Waals surface area contributed by atoms with Crippen LogP contribution in [0.5, 0.6) is 0 Å². The second kappa shape index (κ2) is 11.6. The van der Waals surface area contributed by atoms with Crippen LogP contribution < -0.4 is 10.2 Å². The van der Waals surface area contributed by atoms with Gasteiger partial charge in [0.05, 0.1) is 30.9 Å². The number of nitrogens with one attached hydrogen (secondary N) is 1. The lowest BCUT2D eigenvalue weighted by Gasteiger charge is -2.33. The van der Waals surface area contributed by atoms with Crippen LogP contribution >= 0.6 is 0 Å². The Morgan fingerprint density at radius 2 is 1.73 bits per heavy atom. The average Bonchev–Trinajstić information content (AvgIpc) is 3.67. The van der Waals surface area contributed by atoms with Gasteiger partial charge in [-0.2, -0.15) is 0 Å². The number of fused-ring (bicyclic) bond motifs is 2. The molecule has 10 heteroatoms. The first kappa shape index (κ1) is 30.2. The summed E-state index contributed by atoms with van der Waals surface area (Å²) in [6.07, 6.45) is 0.858. The molecule has 2 fully saturated rings. The normalized spacial score (nSPS) is 26.3. The summed E-state index contributed by atoms with van der Waals surface area (Å²) < 4.78 is 6.86. The molecule has 0 unspecified atom stereocenters. The van der Waals surface area contributed by atoms with Gasteiger partial charge in [0.15, 0.2) is 13.9 Å². The monoisotopic (exact) mass is 613 g/mol. The molecule has 3 aliphatic rings. The Labute approximate surface area is 258 Å². The predicted octanol–water partition coefficient (Wildman–Crippen LogP) is 4.79. The highest BCUT2D eigenvalue weighted by atomic mass is 28.4. The van der Waals surface area contributed by atoms with Crippen LogP contribution in [0.2, 0.25) is 18.6 Å². The fourth-order valence-electron chi connectivity index (χ4n) is 7.55. The average molecular weight is 614 g/mol. The van der Waals surface area contributed by atoms with Crippen LogP contribution in [0, 0.1) is 5.92 Å². The van der Waals surface area contributed by atoms with Crippen molar-refractivity contribution < 1.29 is 29.0 Å². The summed E-state index contributed by atoms with van der Waals surface area (Å²) in [5, 5.41) is 12.8. The van der Waals surface area contributed by atoms with Crippen molar-refractivity contribution in [3.63, 3.8) is 0 Å². The summed E-state index contributed by atoms with van der Waals surface area (Å²) in [5.41, 5.74) is 0.998. The van der Waals surface area contributed by atoms with E-state index in [4.69, 9.17) is 4.74 Å². The van der Waals surface area contributed by atoms with Gasteiger partial charge >= 0.3 is 0 Å². The molecule has 1 spiro atoms. The lowest BCUT2D eigenvalue weighted by molar-refractivity contribution is -0.149. The number of amides is 3. The summed E-state index contributed by atoms with van der Waals surface area (Å²) in [4.78, 5) is 56.4. The van der Waals surface area contributed by atoms with Gasteiger partial charge in [-0.05, 0) is 68.4 Å². The number of hydrogen-bond acceptors (Lipinski definition) is 6. The Balaban J connectivity index is 1.43. The maximum absolute atomic E-state index is 14.7. The Kier molecular flexibility index (Phi) is 7.96. The van der Waals surface area contributed by atoms with Crippen molar-refractivity contribution in [3.05, 3.63) is 90.0 Å². The van der Waals surface area contributed by atoms with Crippen molar-refractivity contribution in [2.75, 3.05) is 23.4 Å². The molecule has 5 atom stereocenters. The third kappa shape index (κ3) is 5.05. The third-order valence-corrected chi connectivity index (χ3v) is 12.0. The molecule has 3 heterocycles. The molecular weight excluding hydrogens is 574 g/mol. The number of ether oxygens (including phenoxy) is 1. The highest BCUT2D eigenvalue weighted by Crippen LogP contribution is 2.61. The number of anilines is 3. The number of para-hydroxylation sites is 1. The van der Waals surface area contributed by atoms with Crippen LogP contribution in [0.25, 0.3) is 0 Å². The number of hydrogen-bond donors (Lipinski definition) is 3. The first-order valence-corrected chi connectivity index (χ1v) is 18.3. The van der Waals surface area contributed by atoms with E-state index in [1.807, 2.05) is 62.5 Å². The van der Waals surface area contributed by atoms with E-state index in [0.717, 1.165) is 12.8 Å². The van der Waals surface area contributed by atoms with Crippen LogP contribution in [0.3, 0.4) is 0 Å². The highest BCUT2D eigenvalue weighted by molar-refractivity contribution is 6.71. The maximum atomic E-state index is 14.7. The lowest BCUT2D eigenvalue weighted by Crippen LogP contribution is -2.45. The molecule has 3 aliphatic heterocycles. The smallest absolute Gasteiger partial charge is 0.268 e. The molecule has 3 N–H and O–H groups in total. The van der Waals surface area contributed by atoms with Crippen molar-refractivity contribution >= 4 is 43.1 Å². The van der Waals surface area contributed by atoms with Crippen LogP contribution in [0.15, 0.2) is 78.9 Å². The fraction of sp³-hybridized carbons (Fsp3) is 0.382. The van der Waals surface area contributed by atoms with Gasteiger partial charge in [0.2, 0.25) is 5.91 Å². The van der Waals surface area contributed by atoms with Gasteiger partial charge in [-0.1, -0.05) is 43.3 Å². The number of aliphatic hydroxyl groups is 1. The molecule has 230 valence electrons. The van der Waals surface area contributed by atoms with Gasteiger partial charge in [-0.15, -0.1) is 0 Å². The van der Waals surface area contributed by atoms with E-state index >= 15 is 0 Å². The van der Waals surface area contributed by atoms with Crippen LogP contribution in [-0.2, 0) is 19.9 Å². The first-order valence-electron chi connectivity index (χ1n) is 15.3. The van der Waals surface area contributed by atoms with Gasteiger partial charge in [0, 0.05) is 40.5 Å². The van der Waals surface area contributed by atoms with Gasteiger partial charge in [0.25, 0.3) is 11.8 Å². The van der Waals surface area contributed by atoms with E-state index < -0.39 is 31.5 Å². The summed E-state index contributed by atoms with van der Waals surface area (Å²) in [6.45, 7) is 6.04. The molecule has 3 aromatic rings. The number of nitrogens with zero attached hydrogens (tertiary/aromatic N) is 2. The van der Waals surface area contributed by atoms with Gasteiger partial charge in [-0.25, -0.2) is 0 Å². The zero-order valence-corrected chi connectivity index (χ0v) is 26.3. The van der Waals surface area contributed by atoms with E-state index in [1.54, 1.807) is 46.2 Å². The van der Waals surface area contributed by atoms with Crippen molar-refractivity contribution in [1.29, 1.82) is 0 Å². The summed E-state index contributed by atoms with van der Waals surface area (Å²) >= 11 is 0. The number of rotatable bonds is 7. The molecule has 0 bridgehead atoms. The molecule has 0 saturated carbocycles. The van der Waals surface area contributed by atoms with E-state index in [-0.39, 0.29) is 36.8 Å². The minimum Gasteiger partial charge on any atom is -0.432 e. The van der Waals surface area contributed by atoms with E-state index in [0.29, 0.717) is 34.7 Å². The lowest BCUT2D eigenvalue weighted by atomic mass is 9.82. The number of benzene rings is 3. The van der Waals surface area contributed by atoms with Gasteiger partial charge in [-0.3, -0.25) is 19.3 Å². The zero-order chi connectivity index (χ0) is 31.2. The van der Waals surface area contributed by atoms with Crippen molar-refractivity contribution in [2.24, 2.45) is 5.92 Å². The molecule has 9 nitrogen and oxygen atoms in total. The second-order valence-corrected chi connectivity index (χ2v) is 16.6. The van der Waals surface area contributed by atoms with E-state index in [1.165, 1.54) is 0 Å². The van der Waals surface area contributed by atoms with Crippen molar-refractivity contribution in [3.8, 4) is 0 Å². The standard InChI is InChI=1S/C34H39N3O6Si/c1-22-31(44(2,3)42)29(20-30(39)36-18-10-15-26(36)21-38)43-34(22)27-19-24(35-32(40)23-11-6-4-7-12-23)16-17-28(27)37(33(34)41)25-13-8-5-9-14-25/h4-9,11-14,16-17,19,22,26,29,31,38,42H,10,15,18,20-21H2,1-3H3,(H,35,40)/t22-,26-,29+,31-,34+/m0/s1. The highest BCUT2D eigenvalue weighted by Gasteiger charge is 2.66. The molecule has 3 amide bonds. The molecule has 0 aliphatic carbocycles. The maximum Gasteiger partial charge on any atom is 0.268 e. The van der Waals surface area contributed by atoms with Crippen molar-refractivity contribution in [1.82, 2.24) is 4.90 Å². The van der Waals surface area contributed by atoms with Crippen LogP contribution in [0.4, 0.5) is 17.1 Å². The van der Waals surface area contributed by atoms with Gasteiger partial charge in [0.1, 0.15) is 0 Å². The quantitative estimate of drug-likeness (QED) is 0.330. The summed E-state index contributed by atoms with van der Waals surface area (Å²) in [6, 6.07) is 23.4. The molecule has 0 radical (unpaired) electrons. The minimum absolute atomic E-state index is 0.00261. The summed E-state index contributed by atoms with van der Waals surface area (Å²) in [5.74, 6) is -1.18. The second-order valence-electron chi connectivity index (χ2n) is 12.7. The van der Waals surface area contributed by atoms with Gasteiger partial charge < -0.3 is 24.9 Å². The van der Waals surface area contributed by atoms with Crippen LogP contribution in [0.1, 0.15) is 42.1 Å². The Morgan fingerprint density at radius 3 is 2.39 bits per heavy atom. The molecule has 3 aromatic carbocycles. The first-order chi connectivity index (χ1) is 21.1. The third-order valence-electron chi connectivity index (χ3n) is 9.48. The summed E-state index contributed by atoms with van der Waals surface area (Å²) in [7, 11) is -3.00. The topological polar surface area (TPSA) is 119 Å². The number of carbonyl (C=O) groups is 3. The van der Waals surface area contributed by atoms with Crippen molar-refractivity contribution in [2.45, 2.75) is 62.6 Å². The van der Waals surface area contributed by atoms with E-state index in [9.17, 15) is 24.3 Å². The Hall–Kier alpha value is -3.83. The Bertz CT molecular complexity index is 1560. The molecule has 6 rings (SSSR count). The Morgan fingerprint density at radius 1 is 1.05 bits per heavy atom. The molecule has 0 aromatic heterocycles. The predicted molar refractivity (Wildman–Crippen MR) is 170 cm³/mol. The van der Waals surface area contributed by atoms with E-state index in [2.05, 4.69) is 5.32 Å². The number of carbonyl (C=O) groups excluding carboxylic acids is 3. The van der Waals surface area contributed by atoms with Crippen LogP contribution in [-0.4, -0.2) is 66.1 Å². The molecular formula is C34H39N3O6Si.